The van der Waals surface area contributed by atoms with Crippen LogP contribution < -0.4 is 0 Å². The summed E-state index contributed by atoms with van der Waals surface area (Å²) >= 11 is 0. The predicted molar refractivity (Wildman–Crippen MR) is 120 cm³/mol. The zero-order valence-corrected chi connectivity index (χ0v) is 19.2. The van der Waals surface area contributed by atoms with Crippen molar-refractivity contribution in [1.29, 1.82) is 0 Å². The van der Waals surface area contributed by atoms with Crippen LogP contribution in [0.25, 0.3) is 0 Å². The van der Waals surface area contributed by atoms with Gasteiger partial charge in [-0.25, -0.2) is 0 Å². The Morgan fingerprint density at radius 3 is 2.00 bits per heavy atom. The van der Waals surface area contributed by atoms with Gasteiger partial charge in [0.05, 0.1) is 0 Å². The maximum Gasteiger partial charge on any atom is 0.00185 e. The Hall–Kier alpha value is -0.820. The van der Waals surface area contributed by atoms with Gasteiger partial charge in [0.15, 0.2) is 0 Å². The molecule has 1 saturated heterocycles. The summed E-state index contributed by atoms with van der Waals surface area (Å²) in [6.45, 7) is 28.8. The van der Waals surface area contributed by atoms with Gasteiger partial charge in [-0.1, -0.05) is 99.6 Å². The number of rotatable bonds is 7. The molecule has 3 unspecified atom stereocenters. The van der Waals surface area contributed by atoms with E-state index in [0.717, 1.165) is 11.8 Å². The highest BCUT2D eigenvalue weighted by Gasteiger charge is 2.34. The van der Waals surface area contributed by atoms with Gasteiger partial charge in [0.1, 0.15) is 0 Å². The zero-order chi connectivity index (χ0) is 20.3. The molecule has 1 aliphatic heterocycles. The molecule has 25 heavy (non-hydrogen) atoms. The summed E-state index contributed by atoms with van der Waals surface area (Å²) < 4.78 is 0. The van der Waals surface area contributed by atoms with Gasteiger partial charge in [0.2, 0.25) is 0 Å². The Morgan fingerprint density at radius 2 is 1.64 bits per heavy atom. The van der Waals surface area contributed by atoms with E-state index >= 15 is 0 Å². The van der Waals surface area contributed by atoms with E-state index < -0.39 is 0 Å². The van der Waals surface area contributed by atoms with Crippen LogP contribution in [0.5, 0.6) is 0 Å². The van der Waals surface area contributed by atoms with Crippen molar-refractivity contribution >= 4 is 0 Å². The summed E-state index contributed by atoms with van der Waals surface area (Å²) in [6, 6.07) is 0. The van der Waals surface area contributed by atoms with E-state index in [2.05, 4.69) is 63.5 Å². The standard InChI is InChI=1S/C18H31N.3C2H6/c1-6-10-12-16(8-3)17(11-7-2)18-14-19(9-4)13-15(18)5;3*1-2/h6,8,10,12,15,17-18H,3,7,9,11,13-14H2,1-2,4-5H3;3*1-2H3/b10-6-,16-12+;;;. The first-order chi connectivity index (χ1) is 12.2. The number of likely N-dealkylation sites (tertiary alicyclic amines) is 1. The van der Waals surface area contributed by atoms with Crippen LogP contribution in [0, 0.1) is 17.8 Å². The Bertz CT molecular complexity index is 327. The Labute approximate surface area is 161 Å². The fraction of sp³-hybridized carbons (Fsp3) is 0.750. The quantitative estimate of drug-likeness (QED) is 0.424. The molecule has 0 amide bonds. The molecule has 1 heteroatoms. The first kappa shape index (κ1) is 29.0. The number of allylic oxidation sites excluding steroid dienone is 5. The molecule has 0 saturated carbocycles. The number of nitrogens with zero attached hydrogens (tertiary/aromatic N) is 1. The zero-order valence-electron chi connectivity index (χ0n) is 19.2. The van der Waals surface area contributed by atoms with Gasteiger partial charge < -0.3 is 4.90 Å². The van der Waals surface area contributed by atoms with Crippen molar-refractivity contribution in [3.05, 3.63) is 36.5 Å². The van der Waals surface area contributed by atoms with Gasteiger partial charge in [-0.15, -0.1) is 0 Å². The molecule has 0 aromatic carbocycles. The van der Waals surface area contributed by atoms with Crippen LogP contribution in [0.1, 0.15) is 82.1 Å². The Kier molecular flexibility index (Phi) is 24.6. The molecule has 0 N–H and O–H groups in total. The molecular formula is C24H49N. The Morgan fingerprint density at radius 1 is 1.08 bits per heavy atom. The molecule has 1 aliphatic rings. The molecule has 0 radical (unpaired) electrons. The van der Waals surface area contributed by atoms with E-state index in [0.29, 0.717) is 5.92 Å². The first-order valence-corrected chi connectivity index (χ1v) is 10.8. The first-order valence-electron chi connectivity index (χ1n) is 10.8. The van der Waals surface area contributed by atoms with Crippen LogP contribution in [-0.4, -0.2) is 24.5 Å². The van der Waals surface area contributed by atoms with Crippen molar-refractivity contribution < 1.29 is 0 Å². The highest BCUT2D eigenvalue weighted by molar-refractivity contribution is 5.26. The van der Waals surface area contributed by atoms with Crippen molar-refractivity contribution in [2.75, 3.05) is 19.6 Å². The average Bonchev–Trinajstić information content (AvgIpc) is 3.06. The van der Waals surface area contributed by atoms with Crippen LogP contribution in [0.4, 0.5) is 0 Å². The predicted octanol–water partition coefficient (Wildman–Crippen LogP) is 7.76. The van der Waals surface area contributed by atoms with Gasteiger partial charge in [0.25, 0.3) is 0 Å². The second-order valence-electron chi connectivity index (χ2n) is 5.79. The lowest BCUT2D eigenvalue weighted by Crippen LogP contribution is -2.24. The molecule has 1 fully saturated rings. The monoisotopic (exact) mass is 351 g/mol. The van der Waals surface area contributed by atoms with Gasteiger partial charge >= 0.3 is 0 Å². The highest BCUT2D eigenvalue weighted by atomic mass is 15.1. The van der Waals surface area contributed by atoms with Crippen molar-refractivity contribution in [1.82, 2.24) is 4.90 Å². The SMILES string of the molecule is C=C/C(=C\C=C/C)C(CCC)C1CN(CC)CC1C.CC.CC.CC. The molecule has 0 spiro atoms. The fourth-order valence-corrected chi connectivity index (χ4v) is 3.37. The lowest BCUT2D eigenvalue weighted by molar-refractivity contribution is 0.298. The topological polar surface area (TPSA) is 3.24 Å². The molecule has 0 aromatic rings. The summed E-state index contributed by atoms with van der Waals surface area (Å²) in [4.78, 5) is 2.59. The molecule has 0 aliphatic carbocycles. The van der Waals surface area contributed by atoms with E-state index in [-0.39, 0.29) is 0 Å². The van der Waals surface area contributed by atoms with Crippen LogP contribution in [0.15, 0.2) is 36.5 Å². The minimum absolute atomic E-state index is 0.672. The van der Waals surface area contributed by atoms with Crippen molar-refractivity contribution in [2.45, 2.75) is 82.1 Å². The normalized spacial score (nSPS) is 21.3. The minimum atomic E-state index is 0.672. The lowest BCUT2D eigenvalue weighted by atomic mass is 9.77. The second-order valence-corrected chi connectivity index (χ2v) is 5.79. The van der Waals surface area contributed by atoms with Gasteiger partial charge in [0, 0.05) is 13.1 Å². The maximum absolute atomic E-state index is 4.04. The van der Waals surface area contributed by atoms with Crippen LogP contribution >= 0.6 is 0 Å². The largest absolute Gasteiger partial charge is 0.303 e. The second kappa shape index (κ2) is 21.2. The summed E-state index contributed by atoms with van der Waals surface area (Å²) in [5.74, 6) is 2.25. The average molecular weight is 352 g/mol. The number of hydrogen-bond donors (Lipinski definition) is 0. The Balaban J connectivity index is -0.000000725. The van der Waals surface area contributed by atoms with Crippen LogP contribution in [0.2, 0.25) is 0 Å². The maximum atomic E-state index is 4.04. The van der Waals surface area contributed by atoms with Gasteiger partial charge in [-0.3, -0.25) is 0 Å². The van der Waals surface area contributed by atoms with Crippen molar-refractivity contribution in [3.63, 3.8) is 0 Å². The third-order valence-corrected chi connectivity index (χ3v) is 4.45. The van der Waals surface area contributed by atoms with E-state index in [9.17, 15) is 0 Å². The fourth-order valence-electron chi connectivity index (χ4n) is 3.37. The summed E-state index contributed by atoms with van der Waals surface area (Å²) in [7, 11) is 0. The molecule has 1 nitrogen and oxygen atoms in total. The molecule has 3 atom stereocenters. The minimum Gasteiger partial charge on any atom is -0.303 e. The smallest absolute Gasteiger partial charge is 0.00185 e. The summed E-state index contributed by atoms with van der Waals surface area (Å²) in [5, 5.41) is 0. The summed E-state index contributed by atoms with van der Waals surface area (Å²) in [5.41, 5.74) is 1.43. The van der Waals surface area contributed by atoms with Crippen molar-refractivity contribution in [2.24, 2.45) is 17.8 Å². The molecule has 1 heterocycles. The molecule has 1 rings (SSSR count). The summed E-state index contributed by atoms with van der Waals surface area (Å²) in [6.07, 6.45) is 11.1. The van der Waals surface area contributed by atoms with E-state index in [4.69, 9.17) is 0 Å². The van der Waals surface area contributed by atoms with Gasteiger partial charge in [-0.2, -0.15) is 0 Å². The van der Waals surface area contributed by atoms with Gasteiger partial charge in [-0.05, 0) is 43.2 Å². The van der Waals surface area contributed by atoms with Crippen molar-refractivity contribution in [3.8, 4) is 0 Å². The third-order valence-electron chi connectivity index (χ3n) is 4.45. The molecule has 0 bridgehead atoms. The van der Waals surface area contributed by atoms with Crippen LogP contribution in [-0.2, 0) is 0 Å². The third kappa shape index (κ3) is 11.4. The van der Waals surface area contributed by atoms with E-state index in [1.54, 1.807) is 0 Å². The van der Waals surface area contributed by atoms with E-state index in [1.165, 1.54) is 38.0 Å². The lowest BCUT2D eigenvalue weighted by Gasteiger charge is -2.27. The molecule has 150 valence electrons. The van der Waals surface area contributed by atoms with E-state index in [1.807, 2.05) is 41.5 Å². The number of hydrogen-bond acceptors (Lipinski definition) is 1. The molecule has 0 aromatic heterocycles. The highest BCUT2D eigenvalue weighted by Crippen LogP contribution is 2.36. The molecular weight excluding hydrogens is 302 g/mol. The van der Waals surface area contributed by atoms with Crippen LogP contribution in [0.3, 0.4) is 0 Å².